The van der Waals surface area contributed by atoms with E-state index in [-0.39, 0.29) is 23.4 Å². The molecule has 40 heavy (non-hydrogen) atoms. The van der Waals surface area contributed by atoms with Gasteiger partial charge in [0.25, 0.3) is 0 Å². The fourth-order valence-corrected chi connectivity index (χ4v) is 4.08. The number of amides is 2. The van der Waals surface area contributed by atoms with E-state index < -0.39 is 5.82 Å². The molecule has 0 saturated heterocycles. The van der Waals surface area contributed by atoms with Gasteiger partial charge in [-0.1, -0.05) is 19.1 Å². The van der Waals surface area contributed by atoms with Gasteiger partial charge in [-0.05, 0) is 55.2 Å². The van der Waals surface area contributed by atoms with Crippen LogP contribution in [0.15, 0.2) is 60.9 Å². The fraction of sp³-hybridized carbons (Fsp3) is 0.267. The molecule has 3 aromatic carbocycles. The fourth-order valence-electron chi connectivity index (χ4n) is 4.08. The summed E-state index contributed by atoms with van der Waals surface area (Å²) >= 11 is 0. The van der Waals surface area contributed by atoms with Crippen molar-refractivity contribution in [3.63, 3.8) is 0 Å². The molecule has 2 amide bonds. The molecule has 1 aromatic heterocycles. The van der Waals surface area contributed by atoms with Crippen molar-refractivity contribution in [2.45, 2.75) is 39.0 Å². The average molecular weight is 547 g/mol. The van der Waals surface area contributed by atoms with Crippen molar-refractivity contribution in [1.29, 1.82) is 0 Å². The Hall–Kier alpha value is -4.73. The summed E-state index contributed by atoms with van der Waals surface area (Å²) in [6.07, 6.45) is 4.02. The SMILES string of the molecule is CCCC(=O)Nc1cc2c(Oc3ccc(NC(=O)CCCc4ccc(OC)cc4)cc3F)ncnc2cc1OC. The second-order valence-electron chi connectivity index (χ2n) is 9.04. The number of rotatable bonds is 12. The Kier molecular flexibility index (Phi) is 9.45. The molecule has 0 fully saturated rings. The van der Waals surface area contributed by atoms with Crippen LogP contribution in [0.1, 0.15) is 38.2 Å². The number of halogens is 1. The molecule has 0 saturated carbocycles. The minimum atomic E-state index is -0.673. The first kappa shape index (κ1) is 28.3. The van der Waals surface area contributed by atoms with Crippen molar-refractivity contribution in [2.75, 3.05) is 24.9 Å². The monoisotopic (exact) mass is 546 g/mol. The third-order valence-corrected chi connectivity index (χ3v) is 6.12. The second kappa shape index (κ2) is 13.4. The molecule has 1 heterocycles. The van der Waals surface area contributed by atoms with Crippen LogP contribution >= 0.6 is 0 Å². The van der Waals surface area contributed by atoms with Crippen LogP contribution < -0.4 is 24.8 Å². The summed E-state index contributed by atoms with van der Waals surface area (Å²) in [5, 5.41) is 6.00. The molecule has 0 aliphatic rings. The lowest BCUT2D eigenvalue weighted by Crippen LogP contribution is -2.12. The first-order chi connectivity index (χ1) is 19.4. The number of carbonyl (C=O) groups excluding carboxylic acids is 2. The van der Waals surface area contributed by atoms with Gasteiger partial charge in [0.2, 0.25) is 17.7 Å². The number of carbonyl (C=O) groups is 2. The van der Waals surface area contributed by atoms with Crippen molar-refractivity contribution in [3.05, 3.63) is 72.3 Å². The maximum atomic E-state index is 15.0. The standard InChI is InChI=1S/C30H31FN4O5/c1-4-6-28(36)35-25-16-22-24(17-27(25)39-3)32-18-33-30(22)40-26-14-11-20(15-23(26)31)34-29(37)8-5-7-19-9-12-21(38-2)13-10-19/h9-18H,4-8H2,1-3H3,(H,34,37)(H,35,36). The van der Waals surface area contributed by atoms with Crippen LogP contribution in [0.3, 0.4) is 0 Å². The third-order valence-electron chi connectivity index (χ3n) is 6.12. The molecule has 0 atom stereocenters. The first-order valence-corrected chi connectivity index (χ1v) is 12.9. The number of anilines is 2. The third kappa shape index (κ3) is 7.22. The summed E-state index contributed by atoms with van der Waals surface area (Å²) in [7, 11) is 3.11. The molecular weight excluding hydrogens is 515 g/mol. The van der Waals surface area contributed by atoms with E-state index in [1.165, 1.54) is 25.6 Å². The Balaban J connectivity index is 1.42. The van der Waals surface area contributed by atoms with Gasteiger partial charge >= 0.3 is 0 Å². The van der Waals surface area contributed by atoms with Crippen molar-refractivity contribution in [2.24, 2.45) is 0 Å². The van der Waals surface area contributed by atoms with E-state index in [4.69, 9.17) is 14.2 Å². The number of methoxy groups -OCH3 is 2. The first-order valence-electron chi connectivity index (χ1n) is 12.9. The van der Waals surface area contributed by atoms with Crippen molar-refractivity contribution in [1.82, 2.24) is 9.97 Å². The van der Waals surface area contributed by atoms with Crippen LogP contribution in [-0.2, 0) is 16.0 Å². The zero-order valence-corrected chi connectivity index (χ0v) is 22.6. The lowest BCUT2D eigenvalue weighted by atomic mass is 10.1. The highest BCUT2D eigenvalue weighted by Gasteiger charge is 2.16. The maximum absolute atomic E-state index is 15.0. The van der Waals surface area contributed by atoms with Gasteiger partial charge in [-0.15, -0.1) is 0 Å². The number of aryl methyl sites for hydroxylation is 1. The quantitative estimate of drug-likeness (QED) is 0.215. The van der Waals surface area contributed by atoms with Crippen molar-refractivity contribution < 1.29 is 28.2 Å². The molecule has 10 heteroatoms. The molecule has 208 valence electrons. The van der Waals surface area contributed by atoms with Gasteiger partial charge in [-0.25, -0.2) is 14.4 Å². The predicted molar refractivity (Wildman–Crippen MR) is 151 cm³/mol. The summed E-state index contributed by atoms with van der Waals surface area (Å²) in [6, 6.07) is 15.1. The number of ether oxygens (including phenoxy) is 3. The van der Waals surface area contributed by atoms with Gasteiger partial charge in [0, 0.05) is 30.7 Å². The maximum Gasteiger partial charge on any atom is 0.230 e. The average Bonchev–Trinajstić information content (AvgIpc) is 2.95. The highest BCUT2D eigenvalue weighted by Crippen LogP contribution is 2.35. The minimum absolute atomic E-state index is 0.0788. The summed E-state index contributed by atoms with van der Waals surface area (Å²) in [4.78, 5) is 33.0. The molecule has 0 radical (unpaired) electrons. The number of hydrogen-bond donors (Lipinski definition) is 2. The molecule has 2 N–H and O–H groups in total. The number of nitrogens with one attached hydrogen (secondary N) is 2. The summed E-state index contributed by atoms with van der Waals surface area (Å²) < 4.78 is 31.3. The molecule has 4 aromatic rings. The van der Waals surface area contributed by atoms with Crippen LogP contribution in [0.5, 0.6) is 23.1 Å². The summed E-state index contributed by atoms with van der Waals surface area (Å²) in [6.45, 7) is 1.91. The Morgan fingerprint density at radius 2 is 1.65 bits per heavy atom. The van der Waals surface area contributed by atoms with E-state index in [2.05, 4.69) is 20.6 Å². The van der Waals surface area contributed by atoms with E-state index in [0.717, 1.165) is 17.7 Å². The van der Waals surface area contributed by atoms with Crippen LogP contribution in [0.25, 0.3) is 10.9 Å². The zero-order valence-electron chi connectivity index (χ0n) is 22.6. The highest BCUT2D eigenvalue weighted by molar-refractivity contribution is 5.97. The highest BCUT2D eigenvalue weighted by atomic mass is 19.1. The summed E-state index contributed by atoms with van der Waals surface area (Å²) in [5.41, 5.74) is 2.35. The molecule has 0 aliphatic carbocycles. The van der Waals surface area contributed by atoms with E-state index >= 15 is 0 Å². The molecule has 4 rings (SSSR count). The topological polar surface area (TPSA) is 112 Å². The number of fused-ring (bicyclic) bond motifs is 1. The van der Waals surface area contributed by atoms with Crippen LogP contribution in [0.4, 0.5) is 15.8 Å². The lowest BCUT2D eigenvalue weighted by Gasteiger charge is -2.14. The van der Waals surface area contributed by atoms with Crippen molar-refractivity contribution in [3.8, 4) is 23.1 Å². The Morgan fingerprint density at radius 1 is 0.875 bits per heavy atom. The number of hydrogen-bond acceptors (Lipinski definition) is 7. The normalized spacial score (nSPS) is 10.7. The van der Waals surface area contributed by atoms with E-state index in [9.17, 15) is 14.0 Å². The number of aromatic nitrogens is 2. The van der Waals surface area contributed by atoms with E-state index in [1.54, 1.807) is 25.3 Å². The Morgan fingerprint density at radius 3 is 2.35 bits per heavy atom. The Bertz CT molecular complexity index is 1490. The molecular formula is C30H31FN4O5. The smallest absolute Gasteiger partial charge is 0.230 e. The van der Waals surface area contributed by atoms with Gasteiger partial charge in [0.15, 0.2) is 11.6 Å². The number of nitrogens with zero attached hydrogens (tertiary/aromatic N) is 2. The molecule has 0 bridgehead atoms. The molecule has 0 aliphatic heterocycles. The van der Waals surface area contributed by atoms with Gasteiger partial charge in [0.1, 0.15) is 17.8 Å². The molecule has 0 unspecified atom stereocenters. The van der Waals surface area contributed by atoms with Gasteiger partial charge in [-0.3, -0.25) is 9.59 Å². The predicted octanol–water partition coefficient (Wildman–Crippen LogP) is 6.28. The Labute approximate surface area is 231 Å². The zero-order chi connectivity index (χ0) is 28.5. The van der Waals surface area contributed by atoms with Gasteiger partial charge in [-0.2, -0.15) is 0 Å². The van der Waals surface area contributed by atoms with Gasteiger partial charge in [0.05, 0.1) is 30.8 Å². The van der Waals surface area contributed by atoms with Crippen LogP contribution in [0.2, 0.25) is 0 Å². The second-order valence-corrected chi connectivity index (χ2v) is 9.04. The van der Waals surface area contributed by atoms with E-state index in [0.29, 0.717) is 53.7 Å². The van der Waals surface area contributed by atoms with E-state index in [1.807, 2.05) is 31.2 Å². The minimum Gasteiger partial charge on any atom is -0.497 e. The molecule has 0 spiro atoms. The van der Waals surface area contributed by atoms with Gasteiger partial charge < -0.3 is 24.8 Å². The van der Waals surface area contributed by atoms with Crippen LogP contribution in [-0.4, -0.2) is 36.0 Å². The summed E-state index contributed by atoms with van der Waals surface area (Å²) in [5.74, 6) is 0.186. The van der Waals surface area contributed by atoms with Crippen LogP contribution in [0, 0.1) is 5.82 Å². The largest absolute Gasteiger partial charge is 0.497 e. The molecule has 9 nitrogen and oxygen atoms in total. The number of benzene rings is 3. The lowest BCUT2D eigenvalue weighted by molar-refractivity contribution is -0.117. The van der Waals surface area contributed by atoms with Crippen molar-refractivity contribution >= 4 is 34.1 Å².